The lowest BCUT2D eigenvalue weighted by Crippen LogP contribution is -2.13. The van der Waals surface area contributed by atoms with Crippen LogP contribution in [0.3, 0.4) is 0 Å². The van der Waals surface area contributed by atoms with Crippen LogP contribution in [0, 0.1) is 0 Å². The lowest BCUT2D eigenvalue weighted by molar-refractivity contribution is 0.102. The Kier molecular flexibility index (Phi) is 3.19. The number of hydrogen-bond donors (Lipinski definition) is 1. The van der Waals surface area contributed by atoms with Crippen LogP contribution in [0.15, 0.2) is 41.9 Å². The van der Waals surface area contributed by atoms with Crippen LogP contribution in [0.4, 0.5) is 5.13 Å². The molecule has 0 saturated heterocycles. The topological polar surface area (TPSA) is 72.7 Å². The molecule has 4 rings (SSSR count). The second-order valence-electron chi connectivity index (χ2n) is 5.16. The van der Waals surface area contributed by atoms with Crippen LogP contribution >= 0.6 is 11.3 Å². The molecule has 0 radical (unpaired) electrons. The Morgan fingerprint density at radius 1 is 1.27 bits per heavy atom. The van der Waals surface area contributed by atoms with E-state index in [4.69, 9.17) is 0 Å². The Morgan fingerprint density at radius 3 is 2.86 bits per heavy atom. The molecule has 22 heavy (non-hydrogen) atoms. The molecule has 1 amide bonds. The molecule has 1 saturated carbocycles. The number of hydrogen-bond acceptors (Lipinski definition) is 5. The first kappa shape index (κ1) is 13.1. The summed E-state index contributed by atoms with van der Waals surface area (Å²) < 4.78 is 0. The Bertz CT molecular complexity index is 806. The number of carbonyl (C=O) groups is 1. The maximum atomic E-state index is 12.2. The van der Waals surface area contributed by atoms with E-state index in [0.29, 0.717) is 11.0 Å². The smallest absolute Gasteiger partial charge is 0.279 e. The monoisotopic (exact) mass is 311 g/mol. The predicted octanol–water partition coefficient (Wildman–Crippen LogP) is 2.85. The molecular formula is C15H13N5OS. The quantitative estimate of drug-likeness (QED) is 0.804. The second-order valence-corrected chi connectivity index (χ2v) is 6.02. The van der Waals surface area contributed by atoms with Gasteiger partial charge in [-0.1, -0.05) is 18.2 Å². The van der Waals surface area contributed by atoms with Crippen molar-refractivity contribution in [3.05, 3.63) is 53.3 Å². The van der Waals surface area contributed by atoms with E-state index in [1.54, 1.807) is 0 Å². The summed E-state index contributed by atoms with van der Waals surface area (Å²) in [6.45, 7) is 0. The zero-order valence-electron chi connectivity index (χ0n) is 11.6. The minimum Gasteiger partial charge on any atom is -0.296 e. The Hall–Kier alpha value is -2.54. The van der Waals surface area contributed by atoms with Crippen molar-refractivity contribution < 1.29 is 4.79 Å². The molecule has 0 bridgehead atoms. The highest BCUT2D eigenvalue weighted by atomic mass is 32.1. The van der Waals surface area contributed by atoms with Gasteiger partial charge in [-0.2, -0.15) is 9.90 Å². The molecule has 110 valence electrons. The highest BCUT2D eigenvalue weighted by Crippen LogP contribution is 2.40. The van der Waals surface area contributed by atoms with Crippen LogP contribution < -0.4 is 5.32 Å². The fourth-order valence-corrected chi connectivity index (χ4v) is 2.91. The van der Waals surface area contributed by atoms with Crippen LogP contribution in [0.25, 0.3) is 5.69 Å². The van der Waals surface area contributed by atoms with E-state index in [0.717, 1.165) is 11.4 Å². The SMILES string of the molecule is O=C(Nc1nc(C2CC2)cs1)c1cnn(-c2ccccc2)n1. The molecule has 0 atom stereocenters. The van der Waals surface area contributed by atoms with Gasteiger partial charge < -0.3 is 0 Å². The number of carbonyl (C=O) groups excluding carboxylic acids is 1. The number of para-hydroxylation sites is 1. The third kappa shape index (κ3) is 2.62. The van der Waals surface area contributed by atoms with Gasteiger partial charge in [0.1, 0.15) is 0 Å². The van der Waals surface area contributed by atoms with Gasteiger partial charge in [0, 0.05) is 11.3 Å². The molecular weight excluding hydrogens is 298 g/mol. The van der Waals surface area contributed by atoms with Gasteiger partial charge in [-0.3, -0.25) is 10.1 Å². The van der Waals surface area contributed by atoms with E-state index >= 15 is 0 Å². The van der Waals surface area contributed by atoms with Crippen LogP contribution in [0.2, 0.25) is 0 Å². The Labute approximate surface area is 130 Å². The minimum atomic E-state index is -0.293. The molecule has 0 aliphatic heterocycles. The summed E-state index contributed by atoms with van der Waals surface area (Å²) in [6, 6.07) is 9.47. The number of nitrogens with one attached hydrogen (secondary N) is 1. The molecule has 0 spiro atoms. The van der Waals surface area contributed by atoms with Crippen molar-refractivity contribution >= 4 is 22.4 Å². The van der Waals surface area contributed by atoms with Gasteiger partial charge >= 0.3 is 0 Å². The summed E-state index contributed by atoms with van der Waals surface area (Å²) in [6.07, 6.45) is 3.85. The fraction of sp³-hybridized carbons (Fsp3) is 0.200. The van der Waals surface area contributed by atoms with Gasteiger partial charge in [0.25, 0.3) is 5.91 Å². The van der Waals surface area contributed by atoms with Crippen molar-refractivity contribution in [2.45, 2.75) is 18.8 Å². The molecule has 1 aliphatic carbocycles. The van der Waals surface area contributed by atoms with Crippen LogP contribution in [0.1, 0.15) is 34.9 Å². The zero-order valence-corrected chi connectivity index (χ0v) is 12.5. The summed E-state index contributed by atoms with van der Waals surface area (Å²) in [4.78, 5) is 18.1. The highest BCUT2D eigenvalue weighted by Gasteiger charge is 2.26. The van der Waals surface area contributed by atoms with E-state index in [9.17, 15) is 4.79 Å². The molecule has 1 fully saturated rings. The van der Waals surface area contributed by atoms with E-state index in [1.807, 2.05) is 35.7 Å². The molecule has 2 aromatic heterocycles. The van der Waals surface area contributed by atoms with Gasteiger partial charge in [0.2, 0.25) is 0 Å². The van der Waals surface area contributed by atoms with Gasteiger partial charge in [-0.25, -0.2) is 4.98 Å². The van der Waals surface area contributed by atoms with E-state index in [2.05, 4.69) is 20.5 Å². The predicted molar refractivity (Wildman–Crippen MR) is 83.4 cm³/mol. The van der Waals surface area contributed by atoms with Crippen molar-refractivity contribution in [1.29, 1.82) is 0 Å². The lowest BCUT2D eigenvalue weighted by atomic mass is 10.3. The first-order valence-corrected chi connectivity index (χ1v) is 7.92. The Morgan fingerprint density at radius 2 is 2.09 bits per heavy atom. The number of amides is 1. The number of thiazole rings is 1. The minimum absolute atomic E-state index is 0.270. The number of anilines is 1. The van der Waals surface area contributed by atoms with Gasteiger partial charge in [-0.05, 0) is 25.0 Å². The molecule has 0 unspecified atom stereocenters. The van der Waals surface area contributed by atoms with Gasteiger partial charge in [-0.15, -0.1) is 16.4 Å². The molecule has 2 heterocycles. The Balaban J connectivity index is 1.49. The summed E-state index contributed by atoms with van der Waals surface area (Å²) in [5, 5.41) is 13.7. The van der Waals surface area contributed by atoms with Gasteiger partial charge in [0.15, 0.2) is 10.8 Å². The zero-order chi connectivity index (χ0) is 14.9. The maximum Gasteiger partial charge on any atom is 0.279 e. The summed E-state index contributed by atoms with van der Waals surface area (Å²) >= 11 is 1.45. The number of rotatable bonds is 4. The average molecular weight is 311 g/mol. The van der Waals surface area contributed by atoms with Crippen molar-refractivity contribution in [3.8, 4) is 5.69 Å². The number of benzene rings is 1. The van der Waals surface area contributed by atoms with Crippen LogP contribution in [0.5, 0.6) is 0 Å². The molecule has 1 aromatic carbocycles. The summed E-state index contributed by atoms with van der Waals surface area (Å²) in [7, 11) is 0. The fourth-order valence-electron chi connectivity index (χ4n) is 2.12. The number of nitrogens with zero attached hydrogens (tertiary/aromatic N) is 4. The highest BCUT2D eigenvalue weighted by molar-refractivity contribution is 7.14. The summed E-state index contributed by atoms with van der Waals surface area (Å²) in [5.41, 5.74) is 2.16. The second kappa shape index (κ2) is 5.34. The van der Waals surface area contributed by atoms with Crippen molar-refractivity contribution in [3.63, 3.8) is 0 Å². The lowest BCUT2D eigenvalue weighted by Gasteiger charge is -1.98. The van der Waals surface area contributed by atoms with Crippen molar-refractivity contribution in [2.75, 3.05) is 5.32 Å². The van der Waals surface area contributed by atoms with Gasteiger partial charge in [0.05, 0.1) is 17.6 Å². The van der Waals surface area contributed by atoms with E-state index in [-0.39, 0.29) is 11.6 Å². The normalized spacial score (nSPS) is 14.0. The van der Waals surface area contributed by atoms with E-state index < -0.39 is 0 Å². The van der Waals surface area contributed by atoms with Crippen LogP contribution in [-0.4, -0.2) is 25.9 Å². The molecule has 1 N–H and O–H groups in total. The summed E-state index contributed by atoms with van der Waals surface area (Å²) in [5.74, 6) is 0.291. The number of aromatic nitrogens is 4. The average Bonchev–Trinajstić information content (AvgIpc) is 3.10. The largest absolute Gasteiger partial charge is 0.296 e. The third-order valence-corrected chi connectivity index (χ3v) is 4.23. The van der Waals surface area contributed by atoms with E-state index in [1.165, 1.54) is 35.2 Å². The molecule has 1 aliphatic rings. The first-order valence-electron chi connectivity index (χ1n) is 7.04. The third-order valence-electron chi connectivity index (χ3n) is 3.45. The first-order chi connectivity index (χ1) is 10.8. The molecule has 7 heteroatoms. The van der Waals surface area contributed by atoms with Crippen molar-refractivity contribution in [2.24, 2.45) is 0 Å². The van der Waals surface area contributed by atoms with Crippen molar-refractivity contribution in [1.82, 2.24) is 20.0 Å². The molecule has 3 aromatic rings. The molecule has 6 nitrogen and oxygen atoms in total. The van der Waals surface area contributed by atoms with Crippen LogP contribution in [-0.2, 0) is 0 Å². The standard InChI is InChI=1S/C15H13N5OS/c21-14(18-15-17-13(9-22-15)10-6-7-10)12-8-16-20(19-12)11-4-2-1-3-5-11/h1-5,8-10H,6-7H2,(H,17,18,21). The maximum absolute atomic E-state index is 12.2.